The summed E-state index contributed by atoms with van der Waals surface area (Å²) in [7, 11) is 0. The number of carbonyl (C=O) groups excluding carboxylic acids is 1. The average Bonchev–Trinajstić information content (AvgIpc) is 3.29. The van der Waals surface area contributed by atoms with Crippen molar-refractivity contribution in [3.63, 3.8) is 0 Å². The molecule has 1 N–H and O–H groups in total. The molecule has 0 spiro atoms. The van der Waals surface area contributed by atoms with Gasteiger partial charge in [0.05, 0.1) is 11.9 Å². The molecule has 1 fully saturated rings. The van der Waals surface area contributed by atoms with Crippen molar-refractivity contribution in [1.82, 2.24) is 14.9 Å². The molecule has 0 saturated carbocycles. The summed E-state index contributed by atoms with van der Waals surface area (Å²) in [5.74, 6) is 1.58. The van der Waals surface area contributed by atoms with Crippen molar-refractivity contribution < 1.29 is 4.79 Å². The number of aryl methyl sites for hydroxylation is 2. The highest BCUT2D eigenvalue weighted by molar-refractivity contribution is 7.18. The van der Waals surface area contributed by atoms with Gasteiger partial charge in [0.2, 0.25) is 5.91 Å². The standard InChI is InChI=1S/C20H22N4OS/c1-13-14(2)26-20-17(13)19(21-12-16(25)24-10-6-7-11-24)22-18(23-20)15-8-4-3-5-9-15/h3-5,8-9H,6-7,10-12H2,1-2H3,(H,21,22,23). The van der Waals surface area contributed by atoms with Crippen LogP contribution in [0.3, 0.4) is 0 Å². The minimum atomic E-state index is 0.139. The second-order valence-electron chi connectivity index (χ2n) is 6.67. The van der Waals surface area contributed by atoms with E-state index in [9.17, 15) is 4.79 Å². The summed E-state index contributed by atoms with van der Waals surface area (Å²) in [6, 6.07) is 9.96. The number of hydrogen-bond donors (Lipinski definition) is 1. The van der Waals surface area contributed by atoms with Crippen LogP contribution in [0.25, 0.3) is 21.6 Å². The normalized spacial score (nSPS) is 14.2. The first kappa shape index (κ1) is 17.0. The van der Waals surface area contributed by atoms with E-state index in [2.05, 4.69) is 19.2 Å². The van der Waals surface area contributed by atoms with Crippen LogP contribution < -0.4 is 5.32 Å². The van der Waals surface area contributed by atoms with Crippen molar-refractivity contribution in [3.8, 4) is 11.4 Å². The van der Waals surface area contributed by atoms with Crippen LogP contribution in [-0.2, 0) is 4.79 Å². The Morgan fingerprint density at radius 2 is 1.88 bits per heavy atom. The van der Waals surface area contributed by atoms with Crippen LogP contribution in [-0.4, -0.2) is 40.4 Å². The number of aromatic nitrogens is 2. The third kappa shape index (κ3) is 3.17. The lowest BCUT2D eigenvalue weighted by atomic mass is 10.2. The lowest BCUT2D eigenvalue weighted by Gasteiger charge is -2.16. The number of rotatable bonds is 4. The molecule has 0 aliphatic carbocycles. The van der Waals surface area contributed by atoms with Crippen molar-refractivity contribution in [2.45, 2.75) is 26.7 Å². The van der Waals surface area contributed by atoms with Crippen LogP contribution in [0.4, 0.5) is 5.82 Å². The van der Waals surface area contributed by atoms with Crippen molar-refractivity contribution in [2.75, 3.05) is 25.0 Å². The molecule has 0 bridgehead atoms. The summed E-state index contributed by atoms with van der Waals surface area (Å²) >= 11 is 1.67. The van der Waals surface area contributed by atoms with E-state index in [1.807, 2.05) is 35.2 Å². The average molecular weight is 366 g/mol. The van der Waals surface area contributed by atoms with Gasteiger partial charge in [0.15, 0.2) is 5.82 Å². The van der Waals surface area contributed by atoms with Gasteiger partial charge in [-0.3, -0.25) is 4.79 Å². The van der Waals surface area contributed by atoms with Gasteiger partial charge in [-0.15, -0.1) is 11.3 Å². The van der Waals surface area contributed by atoms with Gasteiger partial charge in [-0.2, -0.15) is 0 Å². The molecule has 6 heteroatoms. The van der Waals surface area contributed by atoms with Gasteiger partial charge in [-0.1, -0.05) is 30.3 Å². The number of likely N-dealkylation sites (tertiary alicyclic amines) is 1. The van der Waals surface area contributed by atoms with Gasteiger partial charge >= 0.3 is 0 Å². The number of nitrogens with zero attached hydrogens (tertiary/aromatic N) is 3. The van der Waals surface area contributed by atoms with Gasteiger partial charge in [0, 0.05) is 23.5 Å². The molecule has 3 aromatic rings. The summed E-state index contributed by atoms with van der Waals surface area (Å²) in [6.07, 6.45) is 2.20. The molecule has 1 aromatic carbocycles. The highest BCUT2D eigenvalue weighted by Crippen LogP contribution is 2.34. The Morgan fingerprint density at radius 3 is 2.62 bits per heavy atom. The molecule has 0 radical (unpaired) electrons. The van der Waals surface area contributed by atoms with Crippen LogP contribution in [0.15, 0.2) is 30.3 Å². The number of anilines is 1. The van der Waals surface area contributed by atoms with E-state index in [0.29, 0.717) is 5.82 Å². The molecule has 1 aliphatic heterocycles. The highest BCUT2D eigenvalue weighted by atomic mass is 32.1. The third-order valence-electron chi connectivity index (χ3n) is 4.93. The molecular weight excluding hydrogens is 344 g/mol. The molecule has 5 nitrogen and oxygen atoms in total. The zero-order chi connectivity index (χ0) is 18.1. The van der Waals surface area contributed by atoms with Gasteiger partial charge in [0.25, 0.3) is 0 Å². The summed E-state index contributed by atoms with van der Waals surface area (Å²) in [5.41, 5.74) is 2.16. The zero-order valence-electron chi connectivity index (χ0n) is 15.1. The fourth-order valence-corrected chi connectivity index (χ4v) is 4.36. The Morgan fingerprint density at radius 1 is 1.15 bits per heavy atom. The molecule has 26 heavy (non-hydrogen) atoms. The van der Waals surface area contributed by atoms with E-state index in [-0.39, 0.29) is 12.5 Å². The lowest BCUT2D eigenvalue weighted by molar-refractivity contribution is -0.128. The first-order chi connectivity index (χ1) is 12.6. The molecular formula is C20H22N4OS. The van der Waals surface area contributed by atoms with E-state index in [0.717, 1.165) is 47.5 Å². The van der Waals surface area contributed by atoms with Crippen LogP contribution in [0, 0.1) is 13.8 Å². The second-order valence-corrected chi connectivity index (χ2v) is 7.87. The van der Waals surface area contributed by atoms with Gasteiger partial charge in [0.1, 0.15) is 10.6 Å². The van der Waals surface area contributed by atoms with Gasteiger partial charge in [-0.25, -0.2) is 9.97 Å². The van der Waals surface area contributed by atoms with E-state index in [1.54, 1.807) is 11.3 Å². The Balaban J connectivity index is 1.70. The van der Waals surface area contributed by atoms with Crippen molar-refractivity contribution in [2.24, 2.45) is 0 Å². The van der Waals surface area contributed by atoms with E-state index >= 15 is 0 Å². The molecule has 1 amide bonds. The molecule has 2 aromatic heterocycles. The Hall–Kier alpha value is -2.47. The maximum Gasteiger partial charge on any atom is 0.241 e. The van der Waals surface area contributed by atoms with Crippen molar-refractivity contribution in [1.29, 1.82) is 0 Å². The molecule has 1 aliphatic rings. The van der Waals surface area contributed by atoms with Gasteiger partial charge in [-0.05, 0) is 32.3 Å². The number of thiophene rings is 1. The fourth-order valence-electron chi connectivity index (χ4n) is 3.33. The SMILES string of the molecule is Cc1sc2nc(-c3ccccc3)nc(NCC(=O)N3CCCC3)c2c1C. The smallest absolute Gasteiger partial charge is 0.241 e. The quantitative estimate of drug-likeness (QED) is 0.758. The first-order valence-corrected chi connectivity index (χ1v) is 9.80. The van der Waals surface area contributed by atoms with Crippen LogP contribution in [0.1, 0.15) is 23.3 Å². The van der Waals surface area contributed by atoms with Crippen LogP contribution in [0.2, 0.25) is 0 Å². The third-order valence-corrected chi connectivity index (χ3v) is 6.03. The van der Waals surface area contributed by atoms with Crippen molar-refractivity contribution >= 4 is 33.3 Å². The summed E-state index contributed by atoms with van der Waals surface area (Å²) < 4.78 is 0. The molecule has 1 saturated heterocycles. The summed E-state index contributed by atoms with van der Waals surface area (Å²) in [4.78, 5) is 26.1. The zero-order valence-corrected chi connectivity index (χ0v) is 15.9. The Bertz CT molecular complexity index is 945. The number of benzene rings is 1. The molecule has 0 atom stereocenters. The minimum Gasteiger partial charge on any atom is -0.360 e. The number of carbonyl (C=O) groups is 1. The maximum absolute atomic E-state index is 12.4. The molecule has 4 rings (SSSR count). The van der Waals surface area contributed by atoms with E-state index in [1.165, 1.54) is 10.4 Å². The lowest BCUT2D eigenvalue weighted by Crippen LogP contribution is -2.33. The largest absolute Gasteiger partial charge is 0.360 e. The predicted molar refractivity (Wildman–Crippen MR) is 107 cm³/mol. The fraction of sp³-hybridized carbons (Fsp3) is 0.350. The summed E-state index contributed by atoms with van der Waals surface area (Å²) in [5, 5.41) is 4.32. The molecule has 3 heterocycles. The van der Waals surface area contributed by atoms with Crippen LogP contribution >= 0.6 is 11.3 Å². The molecule has 0 unspecified atom stereocenters. The Labute approximate surface area is 157 Å². The molecule has 134 valence electrons. The number of amides is 1. The number of fused-ring (bicyclic) bond motifs is 1. The van der Waals surface area contributed by atoms with E-state index in [4.69, 9.17) is 9.97 Å². The topological polar surface area (TPSA) is 58.1 Å². The predicted octanol–water partition coefficient (Wildman–Crippen LogP) is 4.01. The van der Waals surface area contributed by atoms with E-state index < -0.39 is 0 Å². The van der Waals surface area contributed by atoms with Gasteiger partial charge < -0.3 is 10.2 Å². The monoisotopic (exact) mass is 366 g/mol. The minimum absolute atomic E-state index is 0.139. The first-order valence-electron chi connectivity index (χ1n) is 8.98. The Kier molecular flexibility index (Phi) is 4.59. The maximum atomic E-state index is 12.4. The van der Waals surface area contributed by atoms with Crippen molar-refractivity contribution in [3.05, 3.63) is 40.8 Å². The number of hydrogen-bond acceptors (Lipinski definition) is 5. The summed E-state index contributed by atoms with van der Waals surface area (Å²) in [6.45, 7) is 6.20. The second kappa shape index (κ2) is 7.03. The number of nitrogens with one attached hydrogen (secondary N) is 1. The highest BCUT2D eigenvalue weighted by Gasteiger charge is 2.20. The van der Waals surface area contributed by atoms with Crippen LogP contribution in [0.5, 0.6) is 0 Å².